The fraction of sp³-hybridized carbons (Fsp3) is 0.0732. The first-order chi connectivity index (χ1) is 20.1. The molecular weight excluding hydrogens is 492 g/mol. The van der Waals surface area contributed by atoms with Crippen LogP contribution < -0.4 is 0 Å². The molecule has 0 bridgehead atoms. The molecule has 0 aromatic heterocycles. The van der Waals surface area contributed by atoms with E-state index in [0.717, 1.165) is 0 Å². The van der Waals surface area contributed by atoms with E-state index in [1.165, 1.54) is 77.2 Å². The first-order valence-electron chi connectivity index (χ1n) is 14.5. The smallest absolute Gasteiger partial charge is 0.0159 e. The Balaban J connectivity index is 1.42. The summed E-state index contributed by atoms with van der Waals surface area (Å²) < 4.78 is 0. The van der Waals surface area contributed by atoms with Crippen molar-refractivity contribution in [3.8, 4) is 44.5 Å². The number of benzene rings is 7. The van der Waals surface area contributed by atoms with Crippen LogP contribution in [0.3, 0.4) is 0 Å². The summed E-state index contributed by atoms with van der Waals surface area (Å²) in [5, 5.41) is 5.14. The third kappa shape index (κ3) is 3.61. The number of hydrogen-bond acceptors (Lipinski definition) is 0. The Kier molecular flexibility index (Phi) is 5.27. The third-order valence-electron chi connectivity index (χ3n) is 9.07. The van der Waals surface area contributed by atoms with Gasteiger partial charge in [0, 0.05) is 5.41 Å². The summed E-state index contributed by atoms with van der Waals surface area (Å²) >= 11 is 0. The highest BCUT2D eigenvalue weighted by Crippen LogP contribution is 2.50. The molecule has 0 heterocycles. The summed E-state index contributed by atoms with van der Waals surface area (Å²) in [5.41, 5.74) is 13.1. The molecular formula is C41H30. The largest absolute Gasteiger partial charge is 0.0622 e. The minimum absolute atomic E-state index is 0.0231. The number of fused-ring (bicyclic) bond motifs is 5. The van der Waals surface area contributed by atoms with Crippen LogP contribution in [0.2, 0.25) is 0 Å². The number of hydrogen-bond donors (Lipinski definition) is 0. The summed E-state index contributed by atoms with van der Waals surface area (Å²) in [6.07, 6.45) is 0. The van der Waals surface area contributed by atoms with Crippen molar-refractivity contribution >= 4 is 21.5 Å². The molecule has 0 amide bonds. The minimum atomic E-state index is -0.0231. The van der Waals surface area contributed by atoms with Crippen LogP contribution in [-0.4, -0.2) is 0 Å². The molecule has 194 valence electrons. The van der Waals surface area contributed by atoms with Crippen LogP contribution in [0.15, 0.2) is 146 Å². The fourth-order valence-electron chi connectivity index (χ4n) is 7.07. The van der Waals surface area contributed by atoms with Gasteiger partial charge in [-0.15, -0.1) is 0 Å². The lowest BCUT2D eigenvalue weighted by atomic mass is 9.81. The lowest BCUT2D eigenvalue weighted by molar-refractivity contribution is 0.660. The van der Waals surface area contributed by atoms with E-state index >= 15 is 0 Å². The molecule has 7 aromatic carbocycles. The first kappa shape index (κ1) is 23.9. The van der Waals surface area contributed by atoms with E-state index in [9.17, 15) is 0 Å². The van der Waals surface area contributed by atoms with E-state index in [1.54, 1.807) is 0 Å². The van der Waals surface area contributed by atoms with E-state index in [-0.39, 0.29) is 5.41 Å². The van der Waals surface area contributed by atoms with Crippen LogP contribution in [0, 0.1) is 0 Å². The summed E-state index contributed by atoms with van der Waals surface area (Å²) in [7, 11) is 0. The molecule has 41 heavy (non-hydrogen) atoms. The molecule has 0 saturated carbocycles. The van der Waals surface area contributed by atoms with Gasteiger partial charge in [0.2, 0.25) is 0 Å². The Morgan fingerprint density at radius 2 is 0.829 bits per heavy atom. The van der Waals surface area contributed by atoms with Crippen molar-refractivity contribution < 1.29 is 0 Å². The average Bonchev–Trinajstić information content (AvgIpc) is 3.26. The highest BCUT2D eigenvalue weighted by Gasteiger charge is 2.35. The summed E-state index contributed by atoms with van der Waals surface area (Å²) in [6.45, 7) is 4.71. The molecule has 0 atom stereocenters. The van der Waals surface area contributed by atoms with Crippen molar-refractivity contribution in [3.63, 3.8) is 0 Å². The molecule has 7 aromatic rings. The van der Waals surface area contributed by atoms with E-state index < -0.39 is 0 Å². The van der Waals surface area contributed by atoms with Crippen molar-refractivity contribution in [1.82, 2.24) is 0 Å². The minimum Gasteiger partial charge on any atom is -0.0622 e. The maximum atomic E-state index is 2.43. The van der Waals surface area contributed by atoms with Gasteiger partial charge in [0.15, 0.2) is 0 Å². The fourth-order valence-corrected chi connectivity index (χ4v) is 7.07. The van der Waals surface area contributed by atoms with Gasteiger partial charge >= 0.3 is 0 Å². The van der Waals surface area contributed by atoms with Crippen molar-refractivity contribution in [1.29, 1.82) is 0 Å². The van der Waals surface area contributed by atoms with Crippen LogP contribution in [-0.2, 0) is 5.41 Å². The zero-order valence-corrected chi connectivity index (χ0v) is 23.4. The lowest BCUT2D eigenvalue weighted by Gasteiger charge is -2.22. The Hall–Kier alpha value is -4.94. The van der Waals surface area contributed by atoms with Crippen LogP contribution in [0.5, 0.6) is 0 Å². The molecule has 0 unspecified atom stereocenters. The second kappa shape index (κ2) is 9.04. The van der Waals surface area contributed by atoms with E-state index in [4.69, 9.17) is 0 Å². The molecule has 0 aliphatic heterocycles. The normalized spacial score (nSPS) is 13.3. The van der Waals surface area contributed by atoms with Gasteiger partial charge in [-0.25, -0.2) is 0 Å². The van der Waals surface area contributed by atoms with Crippen molar-refractivity contribution in [2.45, 2.75) is 19.3 Å². The van der Waals surface area contributed by atoms with Gasteiger partial charge in [0.05, 0.1) is 0 Å². The van der Waals surface area contributed by atoms with Crippen molar-refractivity contribution in [3.05, 3.63) is 157 Å². The zero-order valence-electron chi connectivity index (χ0n) is 23.4. The van der Waals surface area contributed by atoms with Gasteiger partial charge < -0.3 is 0 Å². The third-order valence-corrected chi connectivity index (χ3v) is 9.07. The quantitative estimate of drug-likeness (QED) is 0.202. The van der Waals surface area contributed by atoms with Crippen molar-refractivity contribution in [2.75, 3.05) is 0 Å². The molecule has 0 radical (unpaired) electrons. The van der Waals surface area contributed by atoms with Gasteiger partial charge in [-0.3, -0.25) is 0 Å². The van der Waals surface area contributed by atoms with Gasteiger partial charge in [-0.2, -0.15) is 0 Å². The first-order valence-corrected chi connectivity index (χ1v) is 14.5. The molecule has 1 aliphatic carbocycles. The van der Waals surface area contributed by atoms with Gasteiger partial charge in [0.25, 0.3) is 0 Å². The van der Waals surface area contributed by atoms with Gasteiger partial charge in [0.1, 0.15) is 0 Å². The molecule has 0 nitrogen and oxygen atoms in total. The Labute approximate surface area is 241 Å². The van der Waals surface area contributed by atoms with E-state index in [1.807, 2.05) is 0 Å². The Morgan fingerprint density at radius 1 is 0.341 bits per heavy atom. The zero-order chi connectivity index (χ0) is 27.6. The molecule has 8 rings (SSSR count). The molecule has 1 aliphatic rings. The second-order valence-electron chi connectivity index (χ2n) is 11.7. The van der Waals surface area contributed by atoms with Gasteiger partial charge in [-0.05, 0) is 89.3 Å². The van der Waals surface area contributed by atoms with Gasteiger partial charge in [-0.1, -0.05) is 147 Å². The molecule has 0 N–H and O–H groups in total. The average molecular weight is 523 g/mol. The predicted octanol–water partition coefficient (Wildman–Crippen LogP) is 11.3. The van der Waals surface area contributed by atoms with E-state index in [0.29, 0.717) is 0 Å². The van der Waals surface area contributed by atoms with E-state index in [2.05, 4.69) is 159 Å². The molecule has 0 heteroatoms. The predicted molar refractivity (Wildman–Crippen MR) is 175 cm³/mol. The maximum absolute atomic E-state index is 2.43. The molecule has 0 fully saturated rings. The highest BCUT2D eigenvalue weighted by molar-refractivity contribution is 6.22. The topological polar surface area (TPSA) is 0 Å². The summed E-state index contributed by atoms with van der Waals surface area (Å²) in [6, 6.07) is 53.6. The number of rotatable bonds is 3. The van der Waals surface area contributed by atoms with Crippen LogP contribution in [0.25, 0.3) is 66.1 Å². The van der Waals surface area contributed by atoms with Crippen molar-refractivity contribution in [2.24, 2.45) is 0 Å². The Bertz CT molecular complexity index is 2100. The second-order valence-corrected chi connectivity index (χ2v) is 11.7. The van der Waals surface area contributed by atoms with Crippen LogP contribution in [0.1, 0.15) is 25.0 Å². The lowest BCUT2D eigenvalue weighted by Crippen LogP contribution is -2.14. The molecule has 0 spiro atoms. The SMILES string of the molecule is CC1(C)c2ccccc2-c2ccc(-c3ccc4c(-c5ccccc5)c5ccccc5c(-c5ccccc5)c4c3)cc21. The molecule has 0 saturated heterocycles. The van der Waals surface area contributed by atoms with Crippen LogP contribution >= 0.6 is 0 Å². The monoisotopic (exact) mass is 522 g/mol. The maximum Gasteiger partial charge on any atom is 0.0159 e. The standard InChI is InChI=1S/C41H30/c1-41(2)37-20-12-11-17-31(37)32-23-21-30(26-38(32)41)29-22-24-35-36(25-29)40(28-15-7-4-8-16-28)34-19-10-9-18-33(34)39(35)27-13-5-3-6-14-27/h3-26H,1-2H3. The summed E-state index contributed by atoms with van der Waals surface area (Å²) in [5.74, 6) is 0. The highest BCUT2D eigenvalue weighted by atomic mass is 14.4. The van der Waals surface area contributed by atoms with Crippen LogP contribution in [0.4, 0.5) is 0 Å². The summed E-state index contributed by atoms with van der Waals surface area (Å²) in [4.78, 5) is 0. The Morgan fingerprint density at radius 3 is 1.51 bits per heavy atom.